The second-order valence-electron chi connectivity index (χ2n) is 3.98. The Morgan fingerprint density at radius 1 is 1.27 bits per heavy atom. The van der Waals surface area contributed by atoms with Gasteiger partial charge in [-0.15, -0.1) is 0 Å². The van der Waals surface area contributed by atoms with Gasteiger partial charge < -0.3 is 4.12 Å². The topological polar surface area (TPSA) is 9.23 Å². The quantitative estimate of drug-likeness (QED) is 0.567. The zero-order valence-corrected chi connectivity index (χ0v) is 10.4. The molecule has 0 aromatic rings. The Bertz CT molecular complexity index is 120. The minimum Gasteiger partial charge on any atom is -0.466 e. The molecule has 63 valence electrons. The second-order valence-corrected chi connectivity index (χ2v) is 6.67. The molecule has 0 amide bonds. The summed E-state index contributed by atoms with van der Waals surface area (Å²) in [5, 5.41) is 0. The molecule has 0 aliphatic heterocycles. The van der Waals surface area contributed by atoms with Crippen molar-refractivity contribution >= 4 is 20.2 Å². The average Bonchev–Trinajstić information content (AvgIpc) is 2.85. The van der Waals surface area contributed by atoms with E-state index in [1.54, 1.807) is 0 Å². The van der Waals surface area contributed by atoms with Gasteiger partial charge in [-0.3, -0.25) is 0 Å². The van der Waals surface area contributed by atoms with E-state index in [1.807, 2.05) is 0 Å². The summed E-state index contributed by atoms with van der Waals surface area (Å²) in [6.45, 7) is 0. The van der Waals surface area contributed by atoms with Gasteiger partial charge in [0, 0.05) is 0 Å². The second kappa shape index (κ2) is 3.41. The van der Waals surface area contributed by atoms with Gasteiger partial charge in [-0.1, -0.05) is 0 Å². The van der Waals surface area contributed by atoms with Gasteiger partial charge in [-0.25, -0.2) is 0 Å². The molecule has 2 aliphatic carbocycles. The number of hydrogen-bond donors (Lipinski definition) is 0. The zero-order chi connectivity index (χ0) is 7.68. The van der Waals surface area contributed by atoms with Crippen molar-refractivity contribution in [2.45, 2.75) is 31.7 Å². The van der Waals surface area contributed by atoms with Gasteiger partial charge in [0.1, 0.15) is 10.5 Å². The van der Waals surface area contributed by atoms with E-state index in [0.29, 0.717) is 9.76 Å². The van der Waals surface area contributed by atoms with Gasteiger partial charge in [-0.05, 0) is 49.5 Å². The Morgan fingerprint density at radius 2 is 1.82 bits per heavy atom. The van der Waals surface area contributed by atoms with E-state index in [9.17, 15) is 0 Å². The van der Waals surface area contributed by atoms with Crippen molar-refractivity contribution in [3.05, 3.63) is 0 Å². The molecule has 0 bridgehead atoms. The van der Waals surface area contributed by atoms with Crippen molar-refractivity contribution in [1.82, 2.24) is 0 Å². The van der Waals surface area contributed by atoms with Gasteiger partial charge in [-0.2, -0.15) is 0 Å². The smallest absolute Gasteiger partial charge is 0.177 e. The Hall–Kier alpha value is 0.394. The van der Waals surface area contributed by atoms with Crippen LogP contribution in [-0.4, -0.2) is 20.2 Å². The molecule has 11 heavy (non-hydrogen) atoms. The summed E-state index contributed by atoms with van der Waals surface area (Å²) in [4.78, 5) is 0. The summed E-state index contributed by atoms with van der Waals surface area (Å²) in [6, 6.07) is 1.44. The molecular weight excluding hydrogens is 168 g/mol. The lowest BCUT2D eigenvalue weighted by Gasteiger charge is -2.13. The lowest BCUT2D eigenvalue weighted by molar-refractivity contribution is 0.435. The highest BCUT2D eigenvalue weighted by molar-refractivity contribution is 6.34. The lowest BCUT2D eigenvalue weighted by atomic mass is 10.0. The van der Waals surface area contributed by atoms with Crippen molar-refractivity contribution in [1.29, 1.82) is 0 Å². The zero-order valence-electron chi connectivity index (χ0n) is 7.25. The Labute approximate surface area is 74.4 Å². The molecule has 0 saturated heterocycles. The fourth-order valence-electron chi connectivity index (χ4n) is 2.03. The standard InChI is InChI=1S/C8H17OSi2/c10-9-11-5-8(6-1-2-6)7-3-4-7/h6-8,11H,1-5H2,10H3. The Morgan fingerprint density at radius 3 is 2.18 bits per heavy atom. The van der Waals surface area contributed by atoms with Gasteiger partial charge in [0.25, 0.3) is 0 Å². The van der Waals surface area contributed by atoms with Crippen LogP contribution in [0.2, 0.25) is 6.04 Å². The van der Waals surface area contributed by atoms with Crippen LogP contribution < -0.4 is 0 Å². The molecule has 0 heterocycles. The molecule has 2 rings (SSSR count). The van der Waals surface area contributed by atoms with Gasteiger partial charge >= 0.3 is 0 Å². The summed E-state index contributed by atoms with van der Waals surface area (Å²) in [6.07, 6.45) is 6.12. The van der Waals surface area contributed by atoms with Crippen LogP contribution in [0.3, 0.4) is 0 Å². The molecule has 0 unspecified atom stereocenters. The van der Waals surface area contributed by atoms with E-state index in [0.717, 1.165) is 28.2 Å². The van der Waals surface area contributed by atoms with Crippen LogP contribution in [-0.2, 0) is 4.12 Å². The fraction of sp³-hybridized carbons (Fsp3) is 1.00. The van der Waals surface area contributed by atoms with E-state index < -0.39 is 0 Å². The summed E-state index contributed by atoms with van der Waals surface area (Å²) in [7, 11) is 1.34. The third-order valence-corrected chi connectivity index (χ3v) is 5.06. The van der Waals surface area contributed by atoms with Crippen molar-refractivity contribution in [3.63, 3.8) is 0 Å². The maximum absolute atomic E-state index is 5.35. The highest BCUT2D eigenvalue weighted by Gasteiger charge is 2.40. The Kier molecular flexibility index (Phi) is 2.49. The number of rotatable bonds is 5. The molecule has 2 saturated carbocycles. The first kappa shape index (κ1) is 8.01. The summed E-state index contributed by atoms with van der Waals surface area (Å²) < 4.78 is 5.35. The normalized spacial score (nSPS) is 24.8. The molecule has 1 nitrogen and oxygen atoms in total. The first-order chi connectivity index (χ1) is 5.42. The Balaban J connectivity index is 1.73. The minimum absolute atomic E-state index is 0.376. The molecular formula is C8H17OSi2. The fourth-order valence-corrected chi connectivity index (χ4v) is 3.79. The minimum atomic E-state index is 0.376. The monoisotopic (exact) mass is 185 g/mol. The molecule has 0 aromatic carbocycles. The third kappa shape index (κ3) is 2.16. The number of hydrogen-bond acceptors (Lipinski definition) is 1. The first-order valence-electron chi connectivity index (χ1n) is 4.76. The van der Waals surface area contributed by atoms with Gasteiger partial charge in [0.15, 0.2) is 9.76 Å². The molecule has 0 N–H and O–H groups in total. The molecule has 1 radical (unpaired) electrons. The summed E-state index contributed by atoms with van der Waals surface area (Å²) in [5.41, 5.74) is 0. The van der Waals surface area contributed by atoms with Crippen LogP contribution in [0.1, 0.15) is 25.7 Å². The van der Waals surface area contributed by atoms with Crippen molar-refractivity contribution in [2.24, 2.45) is 17.8 Å². The summed E-state index contributed by atoms with van der Waals surface area (Å²) in [5.74, 6) is 3.36. The van der Waals surface area contributed by atoms with E-state index in [4.69, 9.17) is 4.12 Å². The predicted octanol–water partition coefficient (Wildman–Crippen LogP) is 0.489. The van der Waals surface area contributed by atoms with Crippen molar-refractivity contribution in [3.8, 4) is 0 Å². The molecule has 0 spiro atoms. The van der Waals surface area contributed by atoms with Crippen LogP contribution in [0.25, 0.3) is 0 Å². The van der Waals surface area contributed by atoms with Crippen LogP contribution in [0.15, 0.2) is 0 Å². The van der Waals surface area contributed by atoms with E-state index in [1.165, 1.54) is 31.7 Å². The van der Waals surface area contributed by atoms with Crippen LogP contribution in [0.4, 0.5) is 0 Å². The first-order valence-corrected chi connectivity index (χ1v) is 6.86. The lowest BCUT2D eigenvalue weighted by Crippen LogP contribution is -2.10. The van der Waals surface area contributed by atoms with Crippen LogP contribution in [0, 0.1) is 17.8 Å². The maximum atomic E-state index is 5.35. The SMILES string of the molecule is [SiH3]O[SiH]CC(C1CC1)C1CC1. The summed E-state index contributed by atoms with van der Waals surface area (Å²) >= 11 is 0. The van der Waals surface area contributed by atoms with Crippen molar-refractivity contribution < 1.29 is 4.12 Å². The van der Waals surface area contributed by atoms with Crippen LogP contribution >= 0.6 is 0 Å². The molecule has 3 heteroatoms. The van der Waals surface area contributed by atoms with Gasteiger partial charge in [0.05, 0.1) is 0 Å². The molecule has 2 fully saturated rings. The van der Waals surface area contributed by atoms with Crippen LogP contribution in [0.5, 0.6) is 0 Å². The highest BCUT2D eigenvalue weighted by Crippen LogP contribution is 2.50. The predicted molar refractivity (Wildman–Crippen MR) is 51.9 cm³/mol. The molecule has 2 aliphatic rings. The highest BCUT2D eigenvalue weighted by atomic mass is 28.3. The maximum Gasteiger partial charge on any atom is 0.177 e. The van der Waals surface area contributed by atoms with Crippen molar-refractivity contribution in [2.75, 3.05) is 0 Å². The van der Waals surface area contributed by atoms with E-state index in [2.05, 4.69) is 0 Å². The van der Waals surface area contributed by atoms with Gasteiger partial charge in [0.2, 0.25) is 0 Å². The van der Waals surface area contributed by atoms with E-state index in [-0.39, 0.29) is 0 Å². The molecule has 0 atom stereocenters. The van der Waals surface area contributed by atoms with E-state index >= 15 is 0 Å². The third-order valence-electron chi connectivity index (χ3n) is 2.99. The largest absolute Gasteiger partial charge is 0.466 e. The molecule has 0 aromatic heterocycles. The average molecular weight is 185 g/mol.